The van der Waals surface area contributed by atoms with E-state index in [1.165, 1.54) is 6.92 Å². The molecule has 0 radical (unpaired) electrons. The van der Waals surface area contributed by atoms with Gasteiger partial charge in [-0.1, -0.05) is 0 Å². The molecule has 0 unspecified atom stereocenters. The van der Waals surface area contributed by atoms with Crippen molar-refractivity contribution >= 4 is 11.6 Å². The van der Waals surface area contributed by atoms with Crippen LogP contribution >= 0.6 is 11.6 Å². The van der Waals surface area contributed by atoms with Crippen molar-refractivity contribution in [2.45, 2.75) is 18.2 Å². The minimum absolute atomic E-state index is 0.121. The first kappa shape index (κ1) is 10.3. The third kappa shape index (κ3) is 1.77. The second-order valence-electron chi connectivity index (χ2n) is 2.45. The lowest BCUT2D eigenvalue weighted by molar-refractivity contribution is -0.166. The molecule has 0 amide bonds. The molecule has 13 heavy (non-hydrogen) atoms. The molecule has 0 atom stereocenters. The Bertz CT molecular complexity index is 304. The van der Waals surface area contributed by atoms with Gasteiger partial charge in [0, 0.05) is 0 Å². The van der Waals surface area contributed by atoms with Crippen LogP contribution in [0.3, 0.4) is 0 Å². The van der Waals surface area contributed by atoms with E-state index in [1.807, 2.05) is 4.98 Å². The van der Waals surface area contributed by atoms with Gasteiger partial charge in [0.15, 0.2) is 0 Å². The number of alkyl halides is 5. The Morgan fingerprint density at radius 2 is 1.92 bits per heavy atom. The zero-order valence-corrected chi connectivity index (χ0v) is 7.17. The normalized spacial score (nSPS) is 13.4. The summed E-state index contributed by atoms with van der Waals surface area (Å²) in [6.45, 7) is 1.37. The summed E-state index contributed by atoms with van der Waals surface area (Å²) < 4.78 is 49.8. The number of aryl methyl sites for hydroxylation is 1. The van der Waals surface area contributed by atoms with Crippen LogP contribution in [-0.2, 0) is 5.92 Å². The van der Waals surface area contributed by atoms with Gasteiger partial charge >= 0.3 is 11.3 Å². The third-order valence-electron chi connectivity index (χ3n) is 1.40. The summed E-state index contributed by atoms with van der Waals surface area (Å²) >= 11 is 4.24. The molecule has 74 valence electrons. The molecule has 0 fully saturated rings. The summed E-state index contributed by atoms with van der Waals surface area (Å²) in [7, 11) is 0. The maximum absolute atomic E-state index is 12.7. The summed E-state index contributed by atoms with van der Waals surface area (Å²) in [4.78, 5) is 5.37. The van der Waals surface area contributed by atoms with E-state index in [0.717, 1.165) is 0 Å². The van der Waals surface area contributed by atoms with E-state index >= 15 is 0 Å². The Morgan fingerprint density at radius 3 is 2.23 bits per heavy atom. The Hall–Kier alpha value is -0.780. The zero-order chi connectivity index (χ0) is 10.3. The lowest BCUT2D eigenvalue weighted by atomic mass is 10.2. The van der Waals surface area contributed by atoms with Crippen molar-refractivity contribution in [3.63, 3.8) is 0 Å². The second kappa shape index (κ2) is 2.87. The molecule has 1 aromatic rings. The fraction of sp³-hybridized carbons (Fsp3) is 0.500. The van der Waals surface area contributed by atoms with Gasteiger partial charge in [0.2, 0.25) is 0 Å². The number of aromatic amines is 1. The van der Waals surface area contributed by atoms with Crippen molar-refractivity contribution in [3.8, 4) is 0 Å². The maximum atomic E-state index is 12.7. The predicted molar refractivity (Wildman–Crippen MR) is 38.0 cm³/mol. The molecule has 1 N–H and O–H groups in total. The van der Waals surface area contributed by atoms with E-state index in [0.29, 0.717) is 6.20 Å². The van der Waals surface area contributed by atoms with E-state index in [2.05, 4.69) is 16.6 Å². The number of hydrogen-bond acceptors (Lipinski definition) is 1. The lowest BCUT2D eigenvalue weighted by Gasteiger charge is -2.18. The molecule has 0 saturated carbocycles. The van der Waals surface area contributed by atoms with Crippen LogP contribution in [0, 0.1) is 6.92 Å². The van der Waals surface area contributed by atoms with Gasteiger partial charge in [-0.25, -0.2) is 4.98 Å². The number of imidazole rings is 1. The van der Waals surface area contributed by atoms with Crippen molar-refractivity contribution in [2.24, 2.45) is 0 Å². The standard InChI is InChI=1S/C6H5ClF4N2/c1-3-12-2-4(13-3)5(8,9)6(7,10)11/h2H,1H3,(H,12,13). The second-order valence-corrected chi connectivity index (χ2v) is 2.93. The van der Waals surface area contributed by atoms with Crippen LogP contribution in [0.4, 0.5) is 17.6 Å². The Kier molecular flexibility index (Phi) is 2.27. The number of rotatable bonds is 2. The SMILES string of the molecule is Cc1ncc(C(F)(F)C(F)(F)Cl)[nH]1. The number of nitrogens with zero attached hydrogens (tertiary/aromatic N) is 1. The summed E-state index contributed by atoms with van der Waals surface area (Å²) in [5.74, 6) is -4.31. The first-order valence-electron chi connectivity index (χ1n) is 3.22. The molecule has 0 aliphatic rings. The van der Waals surface area contributed by atoms with Crippen LogP contribution in [0.5, 0.6) is 0 Å². The Morgan fingerprint density at radius 1 is 1.38 bits per heavy atom. The van der Waals surface area contributed by atoms with Gasteiger partial charge in [-0.2, -0.15) is 17.6 Å². The maximum Gasteiger partial charge on any atom is 0.390 e. The van der Waals surface area contributed by atoms with Gasteiger partial charge in [-0.15, -0.1) is 0 Å². The van der Waals surface area contributed by atoms with Crippen molar-refractivity contribution < 1.29 is 17.6 Å². The fourth-order valence-corrected chi connectivity index (χ4v) is 0.835. The van der Waals surface area contributed by atoms with Crippen LogP contribution in [0.2, 0.25) is 0 Å². The summed E-state index contributed by atoms with van der Waals surface area (Å²) in [5, 5.41) is -4.62. The number of H-pyrrole nitrogens is 1. The average molecular weight is 217 g/mol. The zero-order valence-electron chi connectivity index (χ0n) is 6.41. The van der Waals surface area contributed by atoms with Crippen LogP contribution in [0.25, 0.3) is 0 Å². The molecule has 7 heteroatoms. The van der Waals surface area contributed by atoms with Gasteiger partial charge < -0.3 is 4.98 Å². The first-order chi connectivity index (χ1) is 5.75. The van der Waals surface area contributed by atoms with Gasteiger partial charge in [-0.05, 0) is 18.5 Å². The van der Waals surface area contributed by atoms with Crippen LogP contribution in [0.15, 0.2) is 6.20 Å². The van der Waals surface area contributed by atoms with Gasteiger partial charge in [0.1, 0.15) is 11.5 Å². The Labute approximate surface area is 75.9 Å². The quantitative estimate of drug-likeness (QED) is 0.598. The monoisotopic (exact) mass is 216 g/mol. The molecule has 1 rings (SSSR count). The first-order valence-corrected chi connectivity index (χ1v) is 3.59. The Balaban J connectivity index is 3.07. The molecule has 1 aromatic heterocycles. The highest BCUT2D eigenvalue weighted by atomic mass is 35.5. The van der Waals surface area contributed by atoms with E-state index in [1.54, 1.807) is 0 Å². The summed E-state index contributed by atoms with van der Waals surface area (Å²) in [6, 6.07) is 0. The molecule has 0 spiro atoms. The molecule has 1 heterocycles. The predicted octanol–water partition coefficient (Wildman–Crippen LogP) is 2.64. The highest BCUT2D eigenvalue weighted by Gasteiger charge is 2.57. The number of aromatic nitrogens is 2. The summed E-state index contributed by atoms with van der Waals surface area (Å²) in [5.41, 5.74) is -0.995. The van der Waals surface area contributed by atoms with E-state index < -0.39 is 17.0 Å². The van der Waals surface area contributed by atoms with Crippen molar-refractivity contribution in [1.82, 2.24) is 9.97 Å². The molecule has 0 saturated heterocycles. The smallest absolute Gasteiger partial charge is 0.341 e. The van der Waals surface area contributed by atoms with Crippen LogP contribution in [-0.4, -0.2) is 15.3 Å². The highest BCUT2D eigenvalue weighted by molar-refractivity contribution is 6.22. The van der Waals surface area contributed by atoms with Gasteiger partial charge in [0.25, 0.3) is 0 Å². The summed E-state index contributed by atoms with van der Waals surface area (Å²) in [6.07, 6.45) is 0.631. The number of halogens is 5. The van der Waals surface area contributed by atoms with E-state index in [9.17, 15) is 17.6 Å². The molecular weight excluding hydrogens is 212 g/mol. The average Bonchev–Trinajstić information content (AvgIpc) is 2.33. The molecule has 0 bridgehead atoms. The lowest BCUT2D eigenvalue weighted by Crippen LogP contribution is -2.32. The van der Waals surface area contributed by atoms with Crippen LogP contribution < -0.4 is 0 Å². The highest BCUT2D eigenvalue weighted by Crippen LogP contribution is 2.44. The number of nitrogens with one attached hydrogen (secondary N) is 1. The largest absolute Gasteiger partial charge is 0.390 e. The van der Waals surface area contributed by atoms with Crippen molar-refractivity contribution in [2.75, 3.05) is 0 Å². The molecule has 2 nitrogen and oxygen atoms in total. The molecular formula is C6H5ClF4N2. The van der Waals surface area contributed by atoms with Gasteiger partial charge in [-0.3, -0.25) is 0 Å². The van der Waals surface area contributed by atoms with Crippen molar-refractivity contribution in [1.29, 1.82) is 0 Å². The van der Waals surface area contributed by atoms with Crippen molar-refractivity contribution in [3.05, 3.63) is 17.7 Å². The van der Waals surface area contributed by atoms with E-state index in [4.69, 9.17) is 0 Å². The molecule has 0 aliphatic carbocycles. The van der Waals surface area contributed by atoms with Gasteiger partial charge in [0.05, 0.1) is 6.20 Å². The minimum Gasteiger partial charge on any atom is -0.341 e. The minimum atomic E-state index is -4.62. The third-order valence-corrected chi connectivity index (χ3v) is 1.63. The molecule has 0 aliphatic heterocycles. The number of hydrogen-bond donors (Lipinski definition) is 1. The fourth-order valence-electron chi connectivity index (χ4n) is 0.733. The van der Waals surface area contributed by atoms with E-state index in [-0.39, 0.29) is 5.82 Å². The molecule has 0 aromatic carbocycles. The topological polar surface area (TPSA) is 28.7 Å². The van der Waals surface area contributed by atoms with Crippen LogP contribution in [0.1, 0.15) is 11.5 Å².